The Morgan fingerprint density at radius 2 is 2.13 bits per heavy atom. The van der Waals surface area contributed by atoms with Gasteiger partial charge in [-0.1, -0.05) is 18.2 Å². The summed E-state index contributed by atoms with van der Waals surface area (Å²) < 4.78 is 1.97. The van der Waals surface area contributed by atoms with Gasteiger partial charge in [0.25, 0.3) is 0 Å². The Kier molecular flexibility index (Phi) is 4.93. The highest BCUT2D eigenvalue weighted by Crippen LogP contribution is 2.41. The van der Waals surface area contributed by atoms with Crippen LogP contribution in [-0.4, -0.2) is 25.5 Å². The number of para-hydroxylation sites is 1. The van der Waals surface area contributed by atoms with E-state index < -0.39 is 0 Å². The van der Waals surface area contributed by atoms with Crippen molar-refractivity contribution in [3.8, 4) is 0 Å². The summed E-state index contributed by atoms with van der Waals surface area (Å²) >= 11 is 1.71. The van der Waals surface area contributed by atoms with Crippen LogP contribution < -0.4 is 5.32 Å². The molecule has 2 N–H and O–H groups in total. The van der Waals surface area contributed by atoms with E-state index in [1.807, 2.05) is 16.9 Å². The largest absolute Gasteiger partial charge is 0.361 e. The molecule has 1 atom stereocenters. The molecule has 1 aromatic carbocycles. The zero-order valence-electron chi connectivity index (χ0n) is 18.1. The second-order valence-electron chi connectivity index (χ2n) is 8.98. The van der Waals surface area contributed by atoms with Crippen LogP contribution in [-0.2, 0) is 12.0 Å². The molecule has 7 heteroatoms. The number of hydrogen-bond acceptors (Lipinski definition) is 5. The summed E-state index contributed by atoms with van der Waals surface area (Å²) in [6.07, 6.45) is 8.76. The number of benzene rings is 1. The highest BCUT2D eigenvalue weighted by molar-refractivity contribution is 7.11. The molecule has 3 aromatic heterocycles. The lowest BCUT2D eigenvalue weighted by atomic mass is 9.92. The van der Waals surface area contributed by atoms with Crippen molar-refractivity contribution in [2.24, 2.45) is 0 Å². The Morgan fingerprint density at radius 1 is 1.29 bits per heavy atom. The van der Waals surface area contributed by atoms with Crippen LogP contribution in [0, 0.1) is 6.92 Å². The third kappa shape index (κ3) is 3.67. The summed E-state index contributed by atoms with van der Waals surface area (Å²) in [5.74, 6) is 0.964. The van der Waals surface area contributed by atoms with E-state index in [9.17, 15) is 4.79 Å². The Bertz CT molecular complexity index is 1250. The quantitative estimate of drug-likeness (QED) is 0.387. The van der Waals surface area contributed by atoms with E-state index in [4.69, 9.17) is 0 Å². The van der Waals surface area contributed by atoms with Crippen molar-refractivity contribution in [1.82, 2.24) is 19.7 Å². The maximum Gasteiger partial charge on any atom is 0.168 e. The summed E-state index contributed by atoms with van der Waals surface area (Å²) in [6.45, 7) is 6.41. The molecule has 31 heavy (non-hydrogen) atoms. The molecule has 1 aliphatic rings. The first kappa shape index (κ1) is 20.0. The van der Waals surface area contributed by atoms with Crippen molar-refractivity contribution in [1.29, 1.82) is 0 Å². The Balaban J connectivity index is 1.32. The zero-order chi connectivity index (χ0) is 21.6. The highest BCUT2D eigenvalue weighted by Gasteiger charge is 2.37. The monoisotopic (exact) mass is 433 g/mol. The molecule has 0 fully saturated rings. The van der Waals surface area contributed by atoms with Crippen LogP contribution in [0.3, 0.4) is 0 Å². The maximum atomic E-state index is 13.1. The summed E-state index contributed by atoms with van der Waals surface area (Å²) in [5, 5.41) is 10.4. The topological polar surface area (TPSA) is 75.6 Å². The lowest BCUT2D eigenvalue weighted by Crippen LogP contribution is -2.38. The number of carbonyl (C=O) groups excluding carboxylic acids is 1. The molecular formula is C24H27N5OS. The molecule has 1 unspecified atom stereocenters. The van der Waals surface area contributed by atoms with E-state index in [1.54, 1.807) is 17.5 Å². The van der Waals surface area contributed by atoms with Gasteiger partial charge in [-0.15, -0.1) is 11.3 Å². The van der Waals surface area contributed by atoms with Crippen molar-refractivity contribution in [3.63, 3.8) is 0 Å². The molecule has 0 saturated carbocycles. The number of fused-ring (bicyclic) bond motifs is 2. The molecule has 6 nitrogen and oxygen atoms in total. The number of H-pyrrole nitrogens is 1. The molecule has 0 bridgehead atoms. The minimum absolute atomic E-state index is 0.0932. The van der Waals surface area contributed by atoms with Gasteiger partial charge in [0, 0.05) is 34.6 Å². The maximum absolute atomic E-state index is 13.1. The fraction of sp³-hybridized carbons (Fsp3) is 0.375. The predicted molar refractivity (Wildman–Crippen MR) is 125 cm³/mol. The molecule has 0 saturated heterocycles. The average molecular weight is 434 g/mol. The van der Waals surface area contributed by atoms with E-state index in [2.05, 4.69) is 65.6 Å². The average Bonchev–Trinajstić information content (AvgIpc) is 3.46. The second-order valence-corrected chi connectivity index (χ2v) is 10.2. The molecule has 0 spiro atoms. The van der Waals surface area contributed by atoms with Crippen LogP contribution in [0.15, 0.2) is 42.9 Å². The van der Waals surface area contributed by atoms with E-state index >= 15 is 0 Å². The van der Waals surface area contributed by atoms with Gasteiger partial charge in [0.05, 0.1) is 23.3 Å². The Labute approximate surface area is 185 Å². The van der Waals surface area contributed by atoms with Gasteiger partial charge in [0.2, 0.25) is 0 Å². The smallest absolute Gasteiger partial charge is 0.168 e. The van der Waals surface area contributed by atoms with Gasteiger partial charge in [-0.05, 0) is 51.7 Å². The number of hydrogen-bond donors (Lipinski definition) is 2. The molecule has 0 aliphatic carbocycles. The minimum Gasteiger partial charge on any atom is -0.361 e. The van der Waals surface area contributed by atoms with Gasteiger partial charge in [-0.3, -0.25) is 4.79 Å². The van der Waals surface area contributed by atoms with E-state index in [1.165, 1.54) is 15.8 Å². The van der Waals surface area contributed by atoms with E-state index in [0.717, 1.165) is 35.6 Å². The number of aryl methyl sites for hydroxylation is 2. The Morgan fingerprint density at radius 3 is 2.94 bits per heavy atom. The lowest BCUT2D eigenvalue weighted by molar-refractivity contribution is 0.0980. The van der Waals surface area contributed by atoms with Crippen LogP contribution >= 0.6 is 11.3 Å². The van der Waals surface area contributed by atoms with Crippen molar-refractivity contribution < 1.29 is 4.79 Å². The van der Waals surface area contributed by atoms with Crippen LogP contribution in [0.25, 0.3) is 10.9 Å². The van der Waals surface area contributed by atoms with Gasteiger partial charge < -0.3 is 10.3 Å². The van der Waals surface area contributed by atoms with E-state index in [-0.39, 0.29) is 17.4 Å². The molecule has 5 rings (SSSR count). The number of carbonyl (C=O) groups is 1. The summed E-state index contributed by atoms with van der Waals surface area (Å²) in [5.41, 5.74) is 2.90. The van der Waals surface area contributed by atoms with Gasteiger partial charge >= 0.3 is 0 Å². The molecule has 0 radical (unpaired) electrons. The number of nitrogens with one attached hydrogen (secondary N) is 2. The summed E-state index contributed by atoms with van der Waals surface area (Å²) in [6, 6.07) is 8.39. The van der Waals surface area contributed by atoms with Gasteiger partial charge in [0.1, 0.15) is 10.8 Å². The third-order valence-electron chi connectivity index (χ3n) is 6.12. The standard InChI is InChI=1S/C24H27N5OS/c1-15-12-26-23(31-15)20-11-24(2,3)29-22(28-20)18(14-27-29)21(30)10-6-7-16-13-25-19-9-5-4-8-17(16)19/h4-5,8-9,12-14,20,25,28H,6-7,10-11H2,1-3H3. The molecule has 160 valence electrons. The van der Waals surface area contributed by atoms with Crippen LogP contribution in [0.5, 0.6) is 0 Å². The van der Waals surface area contributed by atoms with E-state index in [0.29, 0.717) is 12.0 Å². The SMILES string of the molecule is Cc1cnc(C2CC(C)(C)n3ncc(C(=O)CCCc4c[nH]c5ccccc45)c3N2)s1. The number of ketones is 1. The van der Waals surface area contributed by atoms with Gasteiger partial charge in [0.15, 0.2) is 5.78 Å². The Hall–Kier alpha value is -2.93. The molecule has 0 amide bonds. The summed E-state index contributed by atoms with van der Waals surface area (Å²) in [7, 11) is 0. The summed E-state index contributed by atoms with van der Waals surface area (Å²) in [4.78, 5) is 22.2. The van der Waals surface area contributed by atoms with Crippen LogP contribution in [0.4, 0.5) is 5.82 Å². The third-order valence-corrected chi connectivity index (χ3v) is 7.15. The molecular weight excluding hydrogens is 406 g/mol. The minimum atomic E-state index is -0.187. The lowest BCUT2D eigenvalue weighted by Gasteiger charge is -2.37. The fourth-order valence-electron chi connectivity index (χ4n) is 4.55. The van der Waals surface area contributed by atoms with Crippen molar-refractivity contribution in [3.05, 3.63) is 63.9 Å². The van der Waals surface area contributed by atoms with Gasteiger partial charge in [-0.2, -0.15) is 5.10 Å². The normalized spacial score (nSPS) is 17.5. The number of anilines is 1. The van der Waals surface area contributed by atoms with Gasteiger partial charge in [-0.25, -0.2) is 9.67 Å². The first-order chi connectivity index (χ1) is 14.9. The first-order valence-corrected chi connectivity index (χ1v) is 11.6. The fourth-order valence-corrected chi connectivity index (χ4v) is 5.37. The number of nitrogens with zero attached hydrogens (tertiary/aromatic N) is 3. The number of aromatic nitrogens is 4. The molecule has 1 aliphatic heterocycles. The predicted octanol–water partition coefficient (Wildman–Crippen LogP) is 5.63. The number of thiazole rings is 1. The molecule has 4 aromatic rings. The zero-order valence-corrected chi connectivity index (χ0v) is 18.9. The first-order valence-electron chi connectivity index (χ1n) is 10.8. The highest BCUT2D eigenvalue weighted by atomic mass is 32.1. The number of Topliss-reactive ketones (excluding diaryl/α,β-unsaturated/α-hetero) is 1. The van der Waals surface area contributed by atoms with Crippen molar-refractivity contribution >= 4 is 33.8 Å². The molecule has 4 heterocycles. The van der Waals surface area contributed by atoms with Crippen molar-refractivity contribution in [2.75, 3.05) is 5.32 Å². The number of rotatable bonds is 6. The second kappa shape index (κ2) is 7.64. The number of aromatic amines is 1. The van der Waals surface area contributed by atoms with Crippen molar-refractivity contribution in [2.45, 2.75) is 58.0 Å². The van der Waals surface area contributed by atoms with Crippen LogP contribution in [0.2, 0.25) is 0 Å². The van der Waals surface area contributed by atoms with Crippen LogP contribution in [0.1, 0.15) is 65.0 Å².